The van der Waals surface area contributed by atoms with Crippen molar-refractivity contribution in [1.29, 1.82) is 0 Å². The number of hydrogen-bond donors (Lipinski definition) is 0. The van der Waals surface area contributed by atoms with Gasteiger partial charge in [-0.2, -0.15) is 0 Å². The van der Waals surface area contributed by atoms with Crippen molar-refractivity contribution < 1.29 is 9.59 Å². The number of carbonyl (C=O) groups excluding carboxylic acids is 2. The van der Waals surface area contributed by atoms with Gasteiger partial charge in [-0.25, -0.2) is 0 Å². The van der Waals surface area contributed by atoms with Gasteiger partial charge in [0.25, 0.3) is 0 Å². The molecule has 2 heterocycles. The number of benzene rings is 1. The lowest BCUT2D eigenvalue weighted by molar-refractivity contribution is -0.132. The Labute approximate surface area is 153 Å². The van der Waals surface area contributed by atoms with Crippen LogP contribution in [0.15, 0.2) is 47.8 Å². The topological polar surface area (TPSA) is 40.6 Å². The standard InChI is InChI=1S/C20H24N2O2S/c23-19(17-6-2-1-3-7-17)9-4-10-21-11-13-22(14-12-21)20(24)16-18-8-5-15-25-18/h1-3,5-8,15H,4,9-14,16H2. The fourth-order valence-corrected chi connectivity index (χ4v) is 3.82. The average molecular weight is 356 g/mol. The molecule has 0 radical (unpaired) electrons. The molecule has 25 heavy (non-hydrogen) atoms. The summed E-state index contributed by atoms with van der Waals surface area (Å²) < 4.78 is 0. The van der Waals surface area contributed by atoms with Crippen LogP contribution in [0.2, 0.25) is 0 Å². The zero-order valence-corrected chi connectivity index (χ0v) is 15.2. The zero-order valence-electron chi connectivity index (χ0n) is 14.4. The number of Topliss-reactive ketones (excluding diaryl/α,β-unsaturated/α-hetero) is 1. The third-order valence-electron chi connectivity index (χ3n) is 4.60. The molecular formula is C20H24N2O2S. The van der Waals surface area contributed by atoms with Crippen LogP contribution in [0, 0.1) is 0 Å². The molecule has 0 bridgehead atoms. The SMILES string of the molecule is O=C(CCCN1CCN(C(=O)Cc2cccs2)CC1)c1ccccc1. The maximum atomic E-state index is 12.3. The average Bonchev–Trinajstić information content (AvgIpc) is 3.16. The van der Waals surface area contributed by atoms with E-state index < -0.39 is 0 Å². The Hall–Kier alpha value is -1.98. The lowest BCUT2D eigenvalue weighted by Gasteiger charge is -2.34. The highest BCUT2D eigenvalue weighted by Crippen LogP contribution is 2.12. The predicted molar refractivity (Wildman–Crippen MR) is 101 cm³/mol. The van der Waals surface area contributed by atoms with Crippen LogP contribution >= 0.6 is 11.3 Å². The Morgan fingerprint density at radius 3 is 2.40 bits per heavy atom. The lowest BCUT2D eigenvalue weighted by atomic mass is 10.1. The fourth-order valence-electron chi connectivity index (χ4n) is 3.13. The first-order valence-corrected chi connectivity index (χ1v) is 9.71. The van der Waals surface area contributed by atoms with Gasteiger partial charge < -0.3 is 4.90 Å². The summed E-state index contributed by atoms with van der Waals surface area (Å²) in [6, 6.07) is 13.5. The molecule has 4 nitrogen and oxygen atoms in total. The molecule has 132 valence electrons. The van der Waals surface area contributed by atoms with Crippen LogP contribution in [0.3, 0.4) is 0 Å². The van der Waals surface area contributed by atoms with E-state index in [2.05, 4.69) is 4.90 Å². The van der Waals surface area contributed by atoms with Crippen molar-refractivity contribution in [3.8, 4) is 0 Å². The van der Waals surface area contributed by atoms with E-state index in [0.717, 1.165) is 49.6 Å². The number of nitrogens with zero attached hydrogens (tertiary/aromatic N) is 2. The first-order valence-electron chi connectivity index (χ1n) is 8.83. The molecule has 1 aliphatic rings. The van der Waals surface area contributed by atoms with Crippen molar-refractivity contribution in [2.24, 2.45) is 0 Å². The second-order valence-corrected chi connectivity index (χ2v) is 7.40. The summed E-state index contributed by atoms with van der Waals surface area (Å²) in [6.45, 7) is 4.30. The number of ketones is 1. The number of piperazine rings is 1. The van der Waals surface area contributed by atoms with E-state index in [1.54, 1.807) is 11.3 Å². The third kappa shape index (κ3) is 5.25. The van der Waals surface area contributed by atoms with Gasteiger partial charge in [-0.05, 0) is 24.4 Å². The van der Waals surface area contributed by atoms with Gasteiger partial charge in [-0.3, -0.25) is 14.5 Å². The Morgan fingerprint density at radius 1 is 0.960 bits per heavy atom. The Morgan fingerprint density at radius 2 is 1.72 bits per heavy atom. The number of hydrogen-bond acceptors (Lipinski definition) is 4. The maximum Gasteiger partial charge on any atom is 0.227 e. The molecule has 1 aromatic heterocycles. The van der Waals surface area contributed by atoms with Crippen LogP contribution in [0.5, 0.6) is 0 Å². The Kier molecular flexibility index (Phi) is 6.36. The summed E-state index contributed by atoms with van der Waals surface area (Å²) in [5.41, 5.74) is 0.798. The predicted octanol–water partition coefficient (Wildman–Crippen LogP) is 3.10. The molecule has 1 amide bonds. The van der Waals surface area contributed by atoms with Crippen LogP contribution in [-0.2, 0) is 11.2 Å². The molecule has 0 N–H and O–H groups in total. The third-order valence-corrected chi connectivity index (χ3v) is 5.48. The summed E-state index contributed by atoms with van der Waals surface area (Å²) in [5, 5.41) is 2.01. The number of thiophene rings is 1. The van der Waals surface area contributed by atoms with Gasteiger partial charge in [-0.15, -0.1) is 11.3 Å². The second-order valence-electron chi connectivity index (χ2n) is 6.37. The van der Waals surface area contributed by atoms with Crippen molar-refractivity contribution in [2.75, 3.05) is 32.7 Å². The van der Waals surface area contributed by atoms with Gasteiger partial charge in [0.15, 0.2) is 5.78 Å². The van der Waals surface area contributed by atoms with Crippen molar-refractivity contribution in [3.63, 3.8) is 0 Å². The molecule has 5 heteroatoms. The van der Waals surface area contributed by atoms with Crippen molar-refractivity contribution in [1.82, 2.24) is 9.80 Å². The first-order chi connectivity index (χ1) is 12.2. The van der Waals surface area contributed by atoms with Gasteiger partial charge in [0.1, 0.15) is 0 Å². The summed E-state index contributed by atoms with van der Waals surface area (Å²) in [7, 11) is 0. The molecular weight excluding hydrogens is 332 g/mol. The highest BCUT2D eigenvalue weighted by atomic mass is 32.1. The van der Waals surface area contributed by atoms with Crippen molar-refractivity contribution in [3.05, 3.63) is 58.3 Å². The summed E-state index contributed by atoms with van der Waals surface area (Å²) in [6.07, 6.45) is 1.97. The van der Waals surface area contributed by atoms with Gasteiger partial charge in [0.05, 0.1) is 6.42 Å². The molecule has 1 aromatic carbocycles. The molecule has 1 aliphatic heterocycles. The quantitative estimate of drug-likeness (QED) is 0.716. The van der Waals surface area contributed by atoms with Gasteiger partial charge in [0.2, 0.25) is 5.91 Å². The molecule has 0 saturated carbocycles. The zero-order chi connectivity index (χ0) is 17.5. The molecule has 3 rings (SSSR count). The molecule has 0 unspecified atom stereocenters. The second kappa shape index (κ2) is 8.92. The Balaban J connectivity index is 1.35. The van der Waals surface area contributed by atoms with Crippen LogP contribution in [0.4, 0.5) is 0 Å². The molecule has 2 aromatic rings. The van der Waals surface area contributed by atoms with Crippen LogP contribution < -0.4 is 0 Å². The van der Waals surface area contributed by atoms with E-state index in [4.69, 9.17) is 0 Å². The van der Waals surface area contributed by atoms with Crippen LogP contribution in [0.25, 0.3) is 0 Å². The van der Waals surface area contributed by atoms with E-state index in [1.165, 1.54) is 0 Å². The smallest absolute Gasteiger partial charge is 0.227 e. The maximum absolute atomic E-state index is 12.3. The normalized spacial score (nSPS) is 15.3. The van der Waals surface area contributed by atoms with E-state index >= 15 is 0 Å². The molecule has 1 fully saturated rings. The van der Waals surface area contributed by atoms with E-state index in [1.807, 2.05) is 52.7 Å². The van der Waals surface area contributed by atoms with Gasteiger partial charge in [0, 0.05) is 43.0 Å². The van der Waals surface area contributed by atoms with Gasteiger partial charge >= 0.3 is 0 Å². The fraction of sp³-hybridized carbons (Fsp3) is 0.400. The highest BCUT2D eigenvalue weighted by molar-refractivity contribution is 7.10. The van der Waals surface area contributed by atoms with Crippen LogP contribution in [-0.4, -0.2) is 54.2 Å². The van der Waals surface area contributed by atoms with Crippen molar-refractivity contribution in [2.45, 2.75) is 19.3 Å². The van der Waals surface area contributed by atoms with Crippen LogP contribution in [0.1, 0.15) is 28.1 Å². The summed E-state index contributed by atoms with van der Waals surface area (Å²) in [4.78, 5) is 29.9. The lowest BCUT2D eigenvalue weighted by Crippen LogP contribution is -2.49. The van der Waals surface area contributed by atoms with E-state index in [-0.39, 0.29) is 11.7 Å². The molecule has 0 spiro atoms. The summed E-state index contributed by atoms with van der Waals surface area (Å²) in [5.74, 6) is 0.437. The number of carbonyl (C=O) groups is 2. The molecule has 1 saturated heterocycles. The van der Waals surface area contributed by atoms with E-state index in [0.29, 0.717) is 12.8 Å². The molecule has 0 aliphatic carbocycles. The van der Waals surface area contributed by atoms with E-state index in [9.17, 15) is 9.59 Å². The summed E-state index contributed by atoms with van der Waals surface area (Å²) >= 11 is 1.64. The monoisotopic (exact) mass is 356 g/mol. The highest BCUT2D eigenvalue weighted by Gasteiger charge is 2.21. The van der Waals surface area contributed by atoms with Crippen molar-refractivity contribution >= 4 is 23.0 Å². The minimum Gasteiger partial charge on any atom is -0.340 e. The largest absolute Gasteiger partial charge is 0.340 e. The molecule has 0 atom stereocenters. The Bertz CT molecular complexity index is 677. The minimum atomic E-state index is 0.213. The minimum absolute atomic E-state index is 0.213. The van der Waals surface area contributed by atoms with Gasteiger partial charge in [-0.1, -0.05) is 36.4 Å². The first kappa shape index (κ1) is 17.8. The number of amides is 1. The number of rotatable bonds is 7.